The largest absolute Gasteiger partial charge is 0.497 e. The first kappa shape index (κ1) is 19.5. The molecule has 0 fully saturated rings. The van der Waals surface area contributed by atoms with Gasteiger partial charge < -0.3 is 14.5 Å². The van der Waals surface area contributed by atoms with Crippen LogP contribution >= 0.6 is 0 Å². The number of furan rings is 1. The summed E-state index contributed by atoms with van der Waals surface area (Å²) in [5, 5.41) is 7.70. The summed E-state index contributed by atoms with van der Waals surface area (Å²) >= 11 is 0. The zero-order valence-electron chi connectivity index (χ0n) is 17.1. The molecule has 30 heavy (non-hydrogen) atoms. The second kappa shape index (κ2) is 8.29. The number of nitrogens with one attached hydrogen (secondary N) is 1. The van der Waals surface area contributed by atoms with Crippen molar-refractivity contribution >= 4 is 5.91 Å². The van der Waals surface area contributed by atoms with Crippen LogP contribution in [0.15, 0.2) is 77.2 Å². The van der Waals surface area contributed by atoms with Crippen LogP contribution in [0.2, 0.25) is 0 Å². The molecule has 4 aromatic rings. The average Bonchev–Trinajstić information content (AvgIpc) is 3.41. The minimum atomic E-state index is -0.218. The molecular formula is C24H23N3O3. The molecular weight excluding hydrogens is 378 g/mol. The van der Waals surface area contributed by atoms with Crippen LogP contribution in [0.4, 0.5) is 0 Å². The van der Waals surface area contributed by atoms with Crippen molar-refractivity contribution in [2.75, 3.05) is 7.11 Å². The highest BCUT2D eigenvalue weighted by Crippen LogP contribution is 2.25. The molecule has 2 heterocycles. The van der Waals surface area contributed by atoms with E-state index in [0.29, 0.717) is 17.1 Å². The number of hydrogen-bond acceptors (Lipinski definition) is 4. The number of ether oxygens (including phenoxy) is 1. The fourth-order valence-electron chi connectivity index (χ4n) is 3.25. The number of amides is 1. The Balaban J connectivity index is 1.70. The average molecular weight is 401 g/mol. The van der Waals surface area contributed by atoms with Gasteiger partial charge in [-0.2, -0.15) is 5.10 Å². The van der Waals surface area contributed by atoms with Gasteiger partial charge in [0.2, 0.25) is 0 Å². The molecule has 0 bridgehead atoms. The number of aromatic nitrogens is 2. The molecule has 6 heteroatoms. The third kappa shape index (κ3) is 3.98. The Labute approximate surface area is 175 Å². The topological polar surface area (TPSA) is 69.3 Å². The van der Waals surface area contributed by atoms with E-state index in [9.17, 15) is 4.79 Å². The number of carbonyl (C=O) groups is 1. The first-order chi connectivity index (χ1) is 14.5. The molecule has 0 spiro atoms. The normalized spacial score (nSPS) is 11.8. The van der Waals surface area contributed by atoms with Gasteiger partial charge in [-0.25, -0.2) is 4.68 Å². The maximum absolute atomic E-state index is 13.2. The Morgan fingerprint density at radius 3 is 2.43 bits per heavy atom. The molecule has 6 nitrogen and oxygen atoms in total. The number of rotatable bonds is 6. The van der Waals surface area contributed by atoms with E-state index >= 15 is 0 Å². The van der Waals surface area contributed by atoms with Crippen LogP contribution in [0, 0.1) is 6.92 Å². The molecule has 1 amide bonds. The molecule has 0 saturated heterocycles. The fourth-order valence-corrected chi connectivity index (χ4v) is 3.25. The summed E-state index contributed by atoms with van der Waals surface area (Å²) in [7, 11) is 1.62. The summed E-state index contributed by atoms with van der Waals surface area (Å²) in [6, 6.07) is 22.6. The Morgan fingerprint density at radius 1 is 1.07 bits per heavy atom. The second-order valence-corrected chi connectivity index (χ2v) is 7.04. The Bertz CT molecular complexity index is 1140. The number of aryl methyl sites for hydroxylation is 1. The zero-order valence-corrected chi connectivity index (χ0v) is 17.1. The lowest BCUT2D eigenvalue weighted by Gasteiger charge is -2.15. The second-order valence-electron chi connectivity index (χ2n) is 7.04. The summed E-state index contributed by atoms with van der Waals surface area (Å²) in [5.74, 6) is 1.92. The van der Waals surface area contributed by atoms with Crippen molar-refractivity contribution in [3.63, 3.8) is 0 Å². The van der Waals surface area contributed by atoms with E-state index < -0.39 is 0 Å². The van der Waals surface area contributed by atoms with E-state index in [1.807, 2.05) is 80.6 Å². The van der Waals surface area contributed by atoms with Gasteiger partial charge in [0.15, 0.2) is 5.76 Å². The van der Waals surface area contributed by atoms with E-state index in [1.54, 1.807) is 17.9 Å². The smallest absolute Gasteiger partial charge is 0.270 e. The Kier molecular flexibility index (Phi) is 5.39. The van der Waals surface area contributed by atoms with Crippen molar-refractivity contribution in [2.45, 2.75) is 19.9 Å². The zero-order chi connectivity index (χ0) is 21.1. The van der Waals surface area contributed by atoms with Crippen LogP contribution in [-0.2, 0) is 0 Å². The lowest BCUT2D eigenvalue weighted by Crippen LogP contribution is -2.28. The van der Waals surface area contributed by atoms with E-state index in [-0.39, 0.29) is 11.9 Å². The van der Waals surface area contributed by atoms with E-state index in [2.05, 4.69) is 10.4 Å². The fraction of sp³-hybridized carbons (Fsp3) is 0.167. The van der Waals surface area contributed by atoms with Gasteiger partial charge in [-0.15, -0.1) is 0 Å². The number of methoxy groups -OCH3 is 1. The molecule has 0 saturated carbocycles. The Hall–Kier alpha value is -3.80. The SMILES string of the molecule is COc1ccc(-n2nc(-c3ccc(C)o3)cc2C(=O)N[C@H](C)c2ccccc2)cc1. The van der Waals surface area contributed by atoms with Crippen molar-refractivity contribution < 1.29 is 13.9 Å². The molecule has 1 N–H and O–H groups in total. The van der Waals surface area contributed by atoms with Crippen LogP contribution in [0.1, 0.15) is 34.8 Å². The summed E-state index contributed by atoms with van der Waals surface area (Å²) < 4.78 is 12.6. The van der Waals surface area contributed by atoms with Crippen molar-refractivity contribution in [1.82, 2.24) is 15.1 Å². The van der Waals surface area contributed by atoms with Gasteiger partial charge >= 0.3 is 0 Å². The Morgan fingerprint density at radius 2 is 1.80 bits per heavy atom. The highest BCUT2D eigenvalue weighted by atomic mass is 16.5. The summed E-state index contributed by atoms with van der Waals surface area (Å²) in [4.78, 5) is 13.2. The molecule has 4 rings (SSSR count). The van der Waals surface area contributed by atoms with Gasteiger partial charge in [-0.3, -0.25) is 4.79 Å². The number of benzene rings is 2. The van der Waals surface area contributed by atoms with Crippen molar-refractivity contribution in [3.8, 4) is 22.9 Å². The molecule has 0 aliphatic heterocycles. The molecule has 0 radical (unpaired) electrons. The van der Waals surface area contributed by atoms with Gasteiger partial charge in [0.05, 0.1) is 18.8 Å². The van der Waals surface area contributed by atoms with Gasteiger partial charge in [0, 0.05) is 6.07 Å². The summed E-state index contributed by atoms with van der Waals surface area (Å²) in [6.45, 7) is 3.83. The minimum Gasteiger partial charge on any atom is -0.497 e. The number of carbonyl (C=O) groups excluding carboxylic acids is 1. The summed E-state index contributed by atoms with van der Waals surface area (Å²) in [6.07, 6.45) is 0. The highest BCUT2D eigenvalue weighted by molar-refractivity contribution is 5.94. The molecule has 1 atom stereocenters. The van der Waals surface area contributed by atoms with Crippen LogP contribution in [-0.4, -0.2) is 22.8 Å². The quantitative estimate of drug-likeness (QED) is 0.497. The molecule has 0 unspecified atom stereocenters. The van der Waals surface area contributed by atoms with E-state index in [4.69, 9.17) is 9.15 Å². The van der Waals surface area contributed by atoms with Crippen molar-refractivity contribution in [2.24, 2.45) is 0 Å². The summed E-state index contributed by atoms with van der Waals surface area (Å²) in [5.41, 5.74) is 2.80. The molecule has 0 aliphatic carbocycles. The van der Waals surface area contributed by atoms with Crippen molar-refractivity contribution in [3.05, 3.63) is 89.8 Å². The standard InChI is InChI=1S/C24H23N3O3/c1-16-9-14-23(30-16)21-15-22(24(28)25-17(2)18-7-5-4-6-8-18)27(26-21)19-10-12-20(29-3)13-11-19/h4-15,17H,1-3H3,(H,25,28)/t17-/m1/s1. The predicted molar refractivity (Wildman–Crippen MR) is 115 cm³/mol. The maximum Gasteiger partial charge on any atom is 0.270 e. The van der Waals surface area contributed by atoms with Crippen LogP contribution in [0.5, 0.6) is 5.75 Å². The monoisotopic (exact) mass is 401 g/mol. The first-order valence-corrected chi connectivity index (χ1v) is 9.72. The third-order valence-corrected chi connectivity index (χ3v) is 4.90. The maximum atomic E-state index is 13.2. The van der Waals surface area contributed by atoms with Gasteiger partial charge in [0.1, 0.15) is 22.9 Å². The molecule has 2 aromatic heterocycles. The van der Waals surface area contributed by atoms with E-state index in [0.717, 1.165) is 22.8 Å². The van der Waals surface area contributed by atoms with Gasteiger partial charge in [-0.1, -0.05) is 30.3 Å². The molecule has 2 aromatic carbocycles. The van der Waals surface area contributed by atoms with Crippen LogP contribution in [0.3, 0.4) is 0 Å². The minimum absolute atomic E-state index is 0.146. The molecule has 152 valence electrons. The number of nitrogens with zero attached hydrogens (tertiary/aromatic N) is 2. The van der Waals surface area contributed by atoms with E-state index in [1.165, 1.54) is 0 Å². The van der Waals surface area contributed by atoms with Crippen LogP contribution in [0.25, 0.3) is 17.1 Å². The number of hydrogen-bond donors (Lipinski definition) is 1. The third-order valence-electron chi connectivity index (χ3n) is 4.90. The van der Waals surface area contributed by atoms with Crippen LogP contribution < -0.4 is 10.1 Å². The van der Waals surface area contributed by atoms with Gasteiger partial charge in [-0.05, 0) is 55.8 Å². The van der Waals surface area contributed by atoms with Gasteiger partial charge in [0.25, 0.3) is 5.91 Å². The van der Waals surface area contributed by atoms with Crippen molar-refractivity contribution in [1.29, 1.82) is 0 Å². The molecule has 0 aliphatic rings. The first-order valence-electron chi connectivity index (χ1n) is 9.72. The highest BCUT2D eigenvalue weighted by Gasteiger charge is 2.21. The lowest BCUT2D eigenvalue weighted by atomic mass is 10.1. The predicted octanol–water partition coefficient (Wildman–Crippen LogP) is 4.94. The lowest BCUT2D eigenvalue weighted by molar-refractivity contribution is 0.0932.